The van der Waals surface area contributed by atoms with Gasteiger partial charge in [0, 0.05) is 11.8 Å². The van der Waals surface area contributed by atoms with Gasteiger partial charge in [0.1, 0.15) is 10.0 Å². The molecule has 21 heavy (non-hydrogen) atoms. The number of aromatic amines is 2. The van der Waals surface area contributed by atoms with E-state index in [9.17, 15) is 19.8 Å². The molecular formula is C8H2Cl4CoN4O4. The molecule has 8 nitrogen and oxygen atoms in total. The van der Waals surface area contributed by atoms with Crippen LogP contribution in [0.15, 0.2) is 9.59 Å². The fourth-order valence-electron chi connectivity index (χ4n) is 0.787. The maximum Gasteiger partial charge on any atom is 2.00 e. The summed E-state index contributed by atoms with van der Waals surface area (Å²) in [5.74, 6) is -1.46. The smallest absolute Gasteiger partial charge is 0.856 e. The van der Waals surface area contributed by atoms with Crippen LogP contribution in [0.3, 0.4) is 0 Å². The van der Waals surface area contributed by atoms with Crippen LogP contribution in [-0.2, 0) is 16.8 Å². The molecule has 0 atom stereocenters. The molecule has 13 heteroatoms. The van der Waals surface area contributed by atoms with E-state index in [0.717, 1.165) is 0 Å². The van der Waals surface area contributed by atoms with Crippen LogP contribution in [0.2, 0.25) is 20.1 Å². The van der Waals surface area contributed by atoms with Crippen LogP contribution in [0, 0.1) is 0 Å². The third-order valence-corrected chi connectivity index (χ3v) is 3.29. The average molecular weight is 419 g/mol. The quantitative estimate of drug-likeness (QED) is 0.631. The summed E-state index contributed by atoms with van der Waals surface area (Å²) < 4.78 is 0. The summed E-state index contributed by atoms with van der Waals surface area (Å²) in [5.41, 5.74) is -1.32. The summed E-state index contributed by atoms with van der Waals surface area (Å²) in [7, 11) is 0. The maximum absolute atomic E-state index is 10.5. The summed E-state index contributed by atoms with van der Waals surface area (Å²) in [6.45, 7) is 0. The molecule has 0 aliphatic heterocycles. The second-order valence-corrected chi connectivity index (χ2v) is 4.48. The Balaban J connectivity index is 0.000000364. The molecule has 0 bridgehead atoms. The van der Waals surface area contributed by atoms with Gasteiger partial charge in [0.15, 0.2) is 0 Å². The Morgan fingerprint density at radius 1 is 0.714 bits per heavy atom. The van der Waals surface area contributed by atoms with E-state index in [1.807, 2.05) is 10.2 Å². The van der Waals surface area contributed by atoms with Crippen LogP contribution in [0.4, 0.5) is 0 Å². The van der Waals surface area contributed by atoms with Crippen LogP contribution in [-0.4, -0.2) is 20.4 Å². The first-order valence-electron chi connectivity index (χ1n) is 4.47. The topological polar surface area (TPSA) is 138 Å². The van der Waals surface area contributed by atoms with Gasteiger partial charge in [-0.15, -0.1) is 0 Å². The minimum Gasteiger partial charge on any atom is -0.856 e. The van der Waals surface area contributed by atoms with Crippen molar-refractivity contribution in [1.29, 1.82) is 0 Å². The largest absolute Gasteiger partial charge is 2.00 e. The van der Waals surface area contributed by atoms with E-state index in [1.54, 1.807) is 0 Å². The fourth-order valence-corrected chi connectivity index (χ4v) is 1.29. The van der Waals surface area contributed by atoms with E-state index in [-0.39, 0.29) is 36.9 Å². The number of nitrogens with one attached hydrogen (secondary N) is 2. The predicted molar refractivity (Wildman–Crippen MR) is 68.6 cm³/mol. The van der Waals surface area contributed by atoms with Crippen molar-refractivity contribution in [2.75, 3.05) is 0 Å². The van der Waals surface area contributed by atoms with Crippen LogP contribution in [0.1, 0.15) is 0 Å². The Labute approximate surface area is 146 Å². The third kappa shape index (κ3) is 5.06. The first-order chi connectivity index (χ1) is 9.25. The van der Waals surface area contributed by atoms with Gasteiger partial charge < -0.3 is 10.2 Å². The van der Waals surface area contributed by atoms with Gasteiger partial charge in [0.2, 0.25) is 0 Å². The van der Waals surface area contributed by atoms with Gasteiger partial charge in [-0.1, -0.05) is 46.4 Å². The van der Waals surface area contributed by atoms with E-state index >= 15 is 0 Å². The summed E-state index contributed by atoms with van der Waals surface area (Å²) in [6.07, 6.45) is 0. The first-order valence-corrected chi connectivity index (χ1v) is 5.98. The predicted octanol–water partition coefficient (Wildman–Crippen LogP) is 0.298. The Hall–Kier alpha value is -0.974. The minimum atomic E-state index is -0.730. The number of halogens is 4. The SMILES string of the molecule is O=c1[nH]nc([O-])c(Cl)c1Cl.O=c1[nH]nc([O-])c(Cl)c1Cl.[Co+2]. The number of hydrogen-bond acceptors (Lipinski definition) is 6. The van der Waals surface area contributed by atoms with Crippen molar-refractivity contribution in [3.05, 3.63) is 40.8 Å². The third-order valence-electron chi connectivity index (χ3n) is 1.68. The molecule has 0 saturated heterocycles. The van der Waals surface area contributed by atoms with Crippen molar-refractivity contribution in [2.45, 2.75) is 0 Å². The molecular weight excluding hydrogens is 417 g/mol. The van der Waals surface area contributed by atoms with Crippen LogP contribution in [0.5, 0.6) is 11.8 Å². The molecule has 0 aromatic carbocycles. The van der Waals surface area contributed by atoms with Crippen molar-refractivity contribution in [2.24, 2.45) is 0 Å². The van der Waals surface area contributed by atoms with E-state index < -0.39 is 22.9 Å². The minimum absolute atomic E-state index is 0. The summed E-state index contributed by atoms with van der Waals surface area (Å²) >= 11 is 21.0. The van der Waals surface area contributed by atoms with Crippen LogP contribution in [0.25, 0.3) is 0 Å². The second-order valence-electron chi connectivity index (χ2n) is 2.97. The molecule has 0 fully saturated rings. The van der Waals surface area contributed by atoms with Crippen molar-refractivity contribution in [3.63, 3.8) is 0 Å². The number of H-pyrrole nitrogens is 2. The van der Waals surface area contributed by atoms with E-state index in [0.29, 0.717) is 0 Å². The van der Waals surface area contributed by atoms with Gasteiger partial charge in [-0.2, -0.15) is 10.2 Å². The maximum atomic E-state index is 10.5. The zero-order valence-electron chi connectivity index (χ0n) is 9.37. The average Bonchev–Trinajstić information content (AvgIpc) is 2.43. The van der Waals surface area contributed by atoms with Crippen molar-refractivity contribution in [1.82, 2.24) is 20.4 Å². The Kier molecular flexibility index (Phi) is 8.07. The zero-order chi connectivity index (χ0) is 15.4. The molecule has 0 spiro atoms. The summed E-state index contributed by atoms with van der Waals surface area (Å²) in [6, 6.07) is 0. The molecule has 0 unspecified atom stereocenters. The number of rotatable bonds is 0. The standard InChI is InChI=1S/2C4H2Cl2N2O2.Co/c2*5-1-2(6)4(10)8-7-3(1)9;/h2*(H,7,9)(H,8,10);/q;;+2/p-2. The number of aromatic nitrogens is 4. The number of hydrogen-bond donors (Lipinski definition) is 2. The van der Waals surface area contributed by atoms with Crippen molar-refractivity contribution >= 4 is 46.4 Å². The van der Waals surface area contributed by atoms with Crippen LogP contribution < -0.4 is 21.3 Å². The van der Waals surface area contributed by atoms with E-state index in [4.69, 9.17) is 46.4 Å². The molecule has 2 aromatic rings. The van der Waals surface area contributed by atoms with Gasteiger partial charge in [0.25, 0.3) is 11.1 Å². The van der Waals surface area contributed by atoms with Gasteiger partial charge in [-0.3, -0.25) is 9.59 Å². The summed E-state index contributed by atoms with van der Waals surface area (Å²) in [5, 5.41) is 29.5. The van der Waals surface area contributed by atoms with Crippen molar-refractivity contribution < 1.29 is 27.0 Å². The molecule has 2 rings (SSSR count). The molecule has 1 radical (unpaired) electrons. The Morgan fingerprint density at radius 3 is 1.24 bits per heavy atom. The first kappa shape index (κ1) is 20.0. The van der Waals surface area contributed by atoms with Gasteiger partial charge in [-0.25, -0.2) is 10.2 Å². The summed E-state index contributed by atoms with van der Waals surface area (Å²) in [4.78, 5) is 21.0. The molecule has 0 amide bonds. The van der Waals surface area contributed by atoms with Gasteiger partial charge in [-0.05, 0) is 0 Å². The van der Waals surface area contributed by atoms with Crippen LogP contribution >= 0.6 is 46.4 Å². The molecule has 0 aliphatic carbocycles. The normalized spacial score (nSPS) is 9.33. The zero-order valence-corrected chi connectivity index (χ0v) is 13.4. The molecule has 2 aromatic heterocycles. The number of nitrogens with zero attached hydrogens (tertiary/aromatic N) is 2. The van der Waals surface area contributed by atoms with Crippen molar-refractivity contribution in [3.8, 4) is 11.8 Å². The second kappa shape index (κ2) is 8.46. The fraction of sp³-hybridized carbons (Fsp3) is 0. The Bertz CT molecular complexity index is 687. The molecule has 2 N–H and O–H groups in total. The Morgan fingerprint density at radius 2 is 1.00 bits per heavy atom. The van der Waals surface area contributed by atoms with Gasteiger partial charge in [0.05, 0.1) is 10.0 Å². The van der Waals surface area contributed by atoms with E-state index in [1.165, 1.54) is 0 Å². The molecule has 2 heterocycles. The van der Waals surface area contributed by atoms with E-state index in [2.05, 4.69) is 10.2 Å². The van der Waals surface area contributed by atoms with Gasteiger partial charge >= 0.3 is 16.8 Å². The molecule has 0 saturated carbocycles. The monoisotopic (exact) mass is 417 g/mol. The molecule has 115 valence electrons. The molecule has 0 aliphatic rings.